The number of phenolic OH excluding ortho intramolecular Hbond substituents is 1. The molecule has 9 aromatic rings. The highest BCUT2D eigenvalue weighted by Crippen LogP contribution is 2.52. The van der Waals surface area contributed by atoms with Gasteiger partial charge >= 0.3 is 0 Å². The number of hydrogen-bond donors (Lipinski definition) is 3. The maximum Gasteiger partial charge on any atom is 0.185 e. The van der Waals surface area contributed by atoms with E-state index >= 15 is 0 Å². The molecule has 5 heteroatoms. The first-order valence-corrected chi connectivity index (χ1v) is 18.9. The van der Waals surface area contributed by atoms with Crippen LogP contribution in [0.5, 0.6) is 5.75 Å². The fraction of sp³-hybridized carbons (Fsp3) is 0.0980. The Morgan fingerprint density at radius 1 is 0.339 bits per heavy atom. The summed E-state index contributed by atoms with van der Waals surface area (Å²) in [5.74, 6) is 0.0494. The van der Waals surface area contributed by atoms with Gasteiger partial charge < -0.3 is 24.8 Å². The molecule has 9 aromatic carbocycles. The molecule has 1 aliphatic rings. The summed E-state index contributed by atoms with van der Waals surface area (Å²) < 4.78 is 14.1. The molecule has 1 saturated heterocycles. The molecule has 0 saturated carbocycles. The highest BCUT2D eigenvalue weighted by atomic mass is 16.7. The lowest BCUT2D eigenvalue weighted by Gasteiger charge is -2.43. The molecular formula is C51H38O5. The Morgan fingerprint density at radius 3 is 0.982 bits per heavy atom. The van der Waals surface area contributed by atoms with Gasteiger partial charge in [-0.05, 0) is 102 Å². The Hall–Kier alpha value is -6.34. The van der Waals surface area contributed by atoms with Crippen LogP contribution in [-0.2, 0) is 20.7 Å². The summed E-state index contributed by atoms with van der Waals surface area (Å²) in [6, 6.07) is 62.7. The van der Waals surface area contributed by atoms with Gasteiger partial charge in [-0.15, -0.1) is 0 Å². The second-order valence-corrected chi connectivity index (χ2v) is 14.8. The predicted octanol–water partition coefficient (Wildman–Crippen LogP) is 10.7. The molecule has 5 nitrogen and oxygen atoms in total. The van der Waals surface area contributed by atoms with E-state index < -0.39 is 29.7 Å². The van der Waals surface area contributed by atoms with Crippen LogP contribution in [0.15, 0.2) is 194 Å². The SMILES string of the molecule is Oc1cccc(C2O[C@@H](C(O)(c3ccc4ccccc4c3)c3ccc4ccccc4c3)[C@H](C(O)(c3ccc4ccccc4c3)c3ccc4ccccc4c3)O2)c1. The molecule has 0 bridgehead atoms. The molecule has 272 valence electrons. The second kappa shape index (κ2) is 13.4. The molecule has 0 aliphatic carbocycles. The standard InChI is InChI=1S/C51H38O5/c52-46-19-9-18-41(32-46)49-55-47(50(53,42-24-20-33-10-1-5-14-37(33)28-42)43-25-21-34-11-2-6-15-38(34)29-43)48(56-49)51(54,44-26-22-35-12-3-7-16-39(35)30-44)45-27-23-36-13-4-8-17-40(36)31-45/h1-32,47-49,52-54H/t47-,48-/m1/s1. The molecular weight excluding hydrogens is 693 g/mol. The van der Waals surface area contributed by atoms with E-state index in [1.807, 2.05) is 176 Å². The first-order valence-electron chi connectivity index (χ1n) is 18.9. The first-order chi connectivity index (χ1) is 27.4. The molecule has 56 heavy (non-hydrogen) atoms. The van der Waals surface area contributed by atoms with Gasteiger partial charge in [0.05, 0.1) is 0 Å². The summed E-state index contributed by atoms with van der Waals surface area (Å²) in [6.07, 6.45) is -3.45. The Labute approximate surface area is 324 Å². The summed E-state index contributed by atoms with van der Waals surface area (Å²) >= 11 is 0. The number of aromatic hydroxyl groups is 1. The summed E-state index contributed by atoms with van der Waals surface area (Å²) in [4.78, 5) is 0. The number of aliphatic hydroxyl groups is 2. The van der Waals surface area contributed by atoms with Crippen LogP contribution in [-0.4, -0.2) is 27.5 Å². The van der Waals surface area contributed by atoms with Gasteiger partial charge in [-0.1, -0.05) is 158 Å². The van der Waals surface area contributed by atoms with Crippen LogP contribution in [0, 0.1) is 0 Å². The lowest BCUT2D eigenvalue weighted by Crippen LogP contribution is -2.55. The highest BCUT2D eigenvalue weighted by molar-refractivity contribution is 5.87. The molecule has 0 radical (unpaired) electrons. The number of ether oxygens (including phenoxy) is 2. The van der Waals surface area contributed by atoms with Gasteiger partial charge in [0.2, 0.25) is 0 Å². The minimum atomic E-state index is -1.87. The lowest BCUT2D eigenvalue weighted by molar-refractivity contribution is -0.110. The number of phenols is 1. The molecule has 3 N–H and O–H groups in total. The van der Waals surface area contributed by atoms with E-state index in [4.69, 9.17) is 9.47 Å². The van der Waals surface area contributed by atoms with Crippen molar-refractivity contribution < 1.29 is 24.8 Å². The summed E-state index contributed by atoms with van der Waals surface area (Å²) in [5.41, 5.74) is -0.849. The van der Waals surface area contributed by atoms with E-state index in [-0.39, 0.29) is 5.75 Å². The molecule has 1 fully saturated rings. The van der Waals surface area contributed by atoms with Crippen molar-refractivity contribution in [2.75, 3.05) is 0 Å². The second-order valence-electron chi connectivity index (χ2n) is 14.8. The van der Waals surface area contributed by atoms with Crippen molar-refractivity contribution in [1.82, 2.24) is 0 Å². The lowest BCUT2D eigenvalue weighted by atomic mass is 9.71. The molecule has 10 rings (SSSR count). The van der Waals surface area contributed by atoms with Gasteiger partial charge in [-0.2, -0.15) is 0 Å². The van der Waals surface area contributed by atoms with E-state index in [0.29, 0.717) is 27.8 Å². The number of hydrogen-bond acceptors (Lipinski definition) is 5. The Kier molecular flexibility index (Phi) is 8.21. The molecule has 0 unspecified atom stereocenters. The van der Waals surface area contributed by atoms with Crippen molar-refractivity contribution in [1.29, 1.82) is 0 Å². The van der Waals surface area contributed by atoms with Crippen molar-refractivity contribution in [2.24, 2.45) is 0 Å². The van der Waals surface area contributed by atoms with Gasteiger partial charge in [-0.25, -0.2) is 0 Å². The van der Waals surface area contributed by atoms with Crippen LogP contribution in [0.1, 0.15) is 34.1 Å². The van der Waals surface area contributed by atoms with Crippen molar-refractivity contribution in [3.05, 3.63) is 222 Å². The van der Waals surface area contributed by atoms with Gasteiger partial charge in [0, 0.05) is 5.56 Å². The number of fused-ring (bicyclic) bond motifs is 4. The van der Waals surface area contributed by atoms with Crippen LogP contribution in [0.2, 0.25) is 0 Å². The van der Waals surface area contributed by atoms with E-state index in [2.05, 4.69) is 0 Å². The Balaban J connectivity index is 1.26. The molecule has 1 heterocycles. The number of rotatable bonds is 7. The molecule has 0 aromatic heterocycles. The van der Waals surface area contributed by atoms with Crippen molar-refractivity contribution in [2.45, 2.75) is 29.7 Å². The van der Waals surface area contributed by atoms with Crippen molar-refractivity contribution in [3.8, 4) is 5.75 Å². The van der Waals surface area contributed by atoms with Crippen LogP contribution in [0.25, 0.3) is 43.1 Å². The molecule has 0 amide bonds. The van der Waals surface area contributed by atoms with Gasteiger partial charge in [-0.3, -0.25) is 0 Å². The van der Waals surface area contributed by atoms with Gasteiger partial charge in [0.1, 0.15) is 29.2 Å². The maximum absolute atomic E-state index is 13.9. The summed E-state index contributed by atoms with van der Waals surface area (Å²) in [6.45, 7) is 0. The van der Waals surface area contributed by atoms with E-state index in [1.54, 1.807) is 18.2 Å². The van der Waals surface area contributed by atoms with E-state index in [9.17, 15) is 15.3 Å². The molecule has 0 spiro atoms. The monoisotopic (exact) mass is 730 g/mol. The topological polar surface area (TPSA) is 79.2 Å². The average molecular weight is 731 g/mol. The third-order valence-corrected chi connectivity index (χ3v) is 11.5. The van der Waals surface area contributed by atoms with Crippen molar-refractivity contribution >= 4 is 43.1 Å². The van der Waals surface area contributed by atoms with Crippen LogP contribution in [0.3, 0.4) is 0 Å². The average Bonchev–Trinajstić information content (AvgIpc) is 3.72. The smallest absolute Gasteiger partial charge is 0.185 e. The highest BCUT2D eigenvalue weighted by Gasteiger charge is 2.60. The van der Waals surface area contributed by atoms with E-state index in [1.165, 1.54) is 0 Å². The summed E-state index contributed by atoms with van der Waals surface area (Å²) in [5, 5.41) is 46.3. The first kappa shape index (κ1) is 34.2. The third kappa shape index (κ3) is 5.64. The van der Waals surface area contributed by atoms with Gasteiger partial charge in [0.15, 0.2) is 6.29 Å². The minimum absolute atomic E-state index is 0.0494. The number of benzene rings is 9. The predicted molar refractivity (Wildman–Crippen MR) is 222 cm³/mol. The Morgan fingerprint density at radius 2 is 0.661 bits per heavy atom. The van der Waals surface area contributed by atoms with Crippen molar-refractivity contribution in [3.63, 3.8) is 0 Å². The van der Waals surface area contributed by atoms with E-state index in [0.717, 1.165) is 43.1 Å². The maximum atomic E-state index is 13.9. The fourth-order valence-corrected chi connectivity index (χ4v) is 8.60. The Bertz CT molecular complexity index is 2580. The third-order valence-electron chi connectivity index (χ3n) is 11.5. The molecule has 2 atom stereocenters. The molecule has 1 aliphatic heterocycles. The van der Waals surface area contributed by atoms with Crippen LogP contribution in [0.4, 0.5) is 0 Å². The fourth-order valence-electron chi connectivity index (χ4n) is 8.60. The zero-order chi connectivity index (χ0) is 37.9. The van der Waals surface area contributed by atoms with Gasteiger partial charge in [0.25, 0.3) is 0 Å². The normalized spacial score (nSPS) is 16.6. The largest absolute Gasteiger partial charge is 0.508 e. The quantitative estimate of drug-likeness (QED) is 0.152. The van der Waals surface area contributed by atoms with Crippen LogP contribution < -0.4 is 0 Å². The minimum Gasteiger partial charge on any atom is -0.508 e. The zero-order valence-electron chi connectivity index (χ0n) is 30.4. The van der Waals surface area contributed by atoms with Crippen LogP contribution >= 0.6 is 0 Å². The summed E-state index contributed by atoms with van der Waals surface area (Å²) in [7, 11) is 0. The zero-order valence-corrected chi connectivity index (χ0v) is 30.4.